The van der Waals surface area contributed by atoms with Gasteiger partial charge in [-0.1, -0.05) is 71.1 Å². The molecule has 0 unspecified atom stereocenters. The Labute approximate surface area is 408 Å². The van der Waals surface area contributed by atoms with Gasteiger partial charge in [-0.3, -0.25) is 19.2 Å². The molecule has 1 saturated carbocycles. The number of hydrogen-bond acceptors (Lipinski definition) is 15. The van der Waals surface area contributed by atoms with Gasteiger partial charge in [-0.15, -0.1) is 5.10 Å². The van der Waals surface area contributed by atoms with E-state index in [9.17, 15) is 34.2 Å². The van der Waals surface area contributed by atoms with Crippen LogP contribution in [0.5, 0.6) is 0 Å². The van der Waals surface area contributed by atoms with Gasteiger partial charge in [-0.2, -0.15) is 0 Å². The predicted molar refractivity (Wildman–Crippen MR) is 256 cm³/mol. The van der Waals surface area contributed by atoms with E-state index in [0.29, 0.717) is 56.9 Å². The Morgan fingerprint density at radius 2 is 1.64 bits per heavy atom. The molecule has 2 saturated heterocycles. The number of hydrogen-bond donors (Lipinski definition) is 2. The number of nitrogens with zero attached hydrogens (tertiary/aromatic N) is 5. The third-order valence-electron chi connectivity index (χ3n) is 15.2. The highest BCUT2D eigenvalue weighted by atomic mass is 16.6. The summed E-state index contributed by atoms with van der Waals surface area (Å²) in [5.74, 6) is -7.92. The molecule has 17 nitrogen and oxygen atoms in total. The number of aliphatic hydroxyl groups is 2. The number of ketones is 3. The molecular formula is C52H79N5O12. The Kier molecular flexibility index (Phi) is 20.8. The smallest absolute Gasteiger partial charge is 0.329 e. The molecule has 2 N–H and O–H groups in total. The second kappa shape index (κ2) is 25.7. The summed E-state index contributed by atoms with van der Waals surface area (Å²) in [5, 5.41) is 35.2. The van der Waals surface area contributed by atoms with Crippen molar-refractivity contribution in [2.45, 2.75) is 180 Å². The van der Waals surface area contributed by atoms with E-state index in [2.05, 4.69) is 15.5 Å². The van der Waals surface area contributed by atoms with Crippen LogP contribution in [0.4, 0.5) is 0 Å². The maximum absolute atomic E-state index is 14.5. The number of allylic oxidation sites excluding steroid dienone is 6. The van der Waals surface area contributed by atoms with Gasteiger partial charge in [0.2, 0.25) is 5.79 Å². The van der Waals surface area contributed by atoms with Gasteiger partial charge in [-0.25, -0.2) is 9.48 Å². The molecule has 69 heavy (non-hydrogen) atoms. The third-order valence-corrected chi connectivity index (χ3v) is 15.2. The van der Waals surface area contributed by atoms with Crippen molar-refractivity contribution in [3.05, 3.63) is 53.9 Å². The number of esters is 1. The van der Waals surface area contributed by atoms with E-state index in [0.717, 1.165) is 18.4 Å². The van der Waals surface area contributed by atoms with Gasteiger partial charge >= 0.3 is 5.97 Å². The van der Waals surface area contributed by atoms with E-state index < -0.39 is 77.8 Å². The minimum Gasteiger partial charge on any atom is -0.460 e. The maximum Gasteiger partial charge on any atom is 0.329 e. The molecule has 3 aliphatic heterocycles. The highest BCUT2D eigenvalue weighted by Gasteiger charge is 2.53. The number of ether oxygens (including phenoxy) is 5. The topological polar surface area (TPSA) is 219 Å². The SMILES string of the molecule is CO[C@H]1C[C@@H]2CC[C@@H](C)[C@@](O)(O2)C(=O)C(=O)N2CCCC[C@H]2C(=O)O[C@H]([C@H](C)C[C@H]2CC[C@@H](n3cnnn3)[C@H](OC)C2)CC(=O)[C@H](C)/C=C(\C)[C@@H](O)[C@@H](OC)C(=O)[C@H](C)C[C@H](C)\C=C/C=C/C=C/1C. The zero-order valence-corrected chi connectivity index (χ0v) is 42.5. The summed E-state index contributed by atoms with van der Waals surface area (Å²) in [5.41, 5.74) is 1.27. The van der Waals surface area contributed by atoms with Crippen molar-refractivity contribution in [3.8, 4) is 0 Å². The maximum atomic E-state index is 14.5. The minimum absolute atomic E-state index is 0.0170. The Hall–Kier alpha value is -4.26. The number of rotatable bonds is 7. The van der Waals surface area contributed by atoms with Gasteiger partial charge in [0.15, 0.2) is 5.78 Å². The van der Waals surface area contributed by atoms with Crippen molar-refractivity contribution in [1.82, 2.24) is 25.1 Å². The average Bonchev–Trinajstić information content (AvgIpc) is 3.88. The van der Waals surface area contributed by atoms with E-state index in [1.54, 1.807) is 52.1 Å². The van der Waals surface area contributed by atoms with Gasteiger partial charge in [0.25, 0.3) is 11.7 Å². The lowest BCUT2D eigenvalue weighted by Gasteiger charge is -2.42. The summed E-state index contributed by atoms with van der Waals surface area (Å²) < 4.78 is 31.6. The summed E-state index contributed by atoms with van der Waals surface area (Å²) in [7, 11) is 4.62. The number of aromatic nitrogens is 4. The standard InChI is InChI=1S/C52H79N5O12/c1-31-16-12-11-13-17-32(2)43(65-8)28-39-21-19-37(7)52(64,69-39)49(61)50(62)56-23-15-14-18-41(56)51(63)68-44(34(4)26-38-20-22-40(45(27-38)66-9)57-30-53-54-55-57)29-42(58)33(3)25-36(6)47(60)48(67-10)46(59)35(5)24-31/h11-13,16-17,25,30-31,33-35,37-41,43-45,47-48,60,64H,14-15,18-24,26-29H2,1-10H3/b13-11+,16-12-,32-17+,36-25+/t31-,33-,34-,35-,37-,38-,39+,40-,41+,43+,44+,45-,47-,48+,52-/m1/s1. The average molecular weight is 966 g/mol. The molecular weight excluding hydrogens is 887 g/mol. The normalized spacial score (nSPS) is 38.8. The van der Waals surface area contributed by atoms with E-state index in [-0.39, 0.29) is 60.9 Å². The van der Waals surface area contributed by atoms with Crippen molar-refractivity contribution in [2.24, 2.45) is 35.5 Å². The number of fused-ring (bicyclic) bond motifs is 3. The molecule has 1 aromatic rings. The van der Waals surface area contributed by atoms with Crippen LogP contribution in [-0.2, 0) is 47.7 Å². The first-order valence-corrected chi connectivity index (χ1v) is 25.0. The van der Waals surface area contributed by atoms with Gasteiger partial charge in [-0.05, 0) is 117 Å². The van der Waals surface area contributed by atoms with Crippen molar-refractivity contribution in [3.63, 3.8) is 0 Å². The lowest BCUT2D eigenvalue weighted by atomic mass is 9.77. The Morgan fingerprint density at radius 3 is 2.32 bits per heavy atom. The Bertz CT molecular complexity index is 2020. The first kappa shape index (κ1) is 55.7. The monoisotopic (exact) mass is 966 g/mol. The molecule has 5 rings (SSSR count). The number of carbonyl (C=O) groups excluding carboxylic acids is 5. The lowest BCUT2D eigenvalue weighted by molar-refractivity contribution is -0.265. The van der Waals surface area contributed by atoms with E-state index in [1.165, 1.54) is 12.0 Å². The van der Waals surface area contributed by atoms with Gasteiger partial charge in [0, 0.05) is 58.5 Å². The highest BCUT2D eigenvalue weighted by molar-refractivity contribution is 6.39. The molecule has 15 atom stereocenters. The second-order valence-electron chi connectivity index (χ2n) is 20.4. The number of tetrazole rings is 1. The van der Waals surface area contributed by atoms with Crippen molar-refractivity contribution < 1.29 is 57.9 Å². The fourth-order valence-electron chi connectivity index (χ4n) is 10.7. The number of aliphatic hydroxyl groups excluding tert-OH is 1. The Balaban J connectivity index is 1.46. The molecule has 0 spiro atoms. The third kappa shape index (κ3) is 14.2. The van der Waals surface area contributed by atoms with Crippen molar-refractivity contribution in [1.29, 1.82) is 0 Å². The van der Waals surface area contributed by atoms with E-state index in [4.69, 9.17) is 23.7 Å². The van der Waals surface area contributed by atoms with Crippen LogP contribution in [0.1, 0.15) is 132 Å². The van der Waals surface area contributed by atoms with Crippen LogP contribution in [0.3, 0.4) is 0 Å². The van der Waals surface area contributed by atoms with E-state index in [1.807, 2.05) is 58.1 Å². The molecule has 4 aliphatic rings. The van der Waals surface area contributed by atoms with Crippen LogP contribution in [0.25, 0.3) is 0 Å². The van der Waals surface area contributed by atoms with E-state index >= 15 is 0 Å². The summed E-state index contributed by atoms with van der Waals surface area (Å²) in [6.07, 6.45) is 13.9. The molecule has 1 amide bonds. The number of amides is 1. The molecule has 2 bridgehead atoms. The molecule has 1 aromatic heterocycles. The van der Waals surface area contributed by atoms with Crippen LogP contribution in [0.2, 0.25) is 0 Å². The van der Waals surface area contributed by atoms with Crippen molar-refractivity contribution >= 4 is 29.2 Å². The molecule has 384 valence electrons. The number of cyclic esters (lactones) is 1. The zero-order chi connectivity index (χ0) is 50.6. The van der Waals surface area contributed by atoms with Crippen LogP contribution in [0, 0.1) is 35.5 Å². The molecule has 1 aliphatic carbocycles. The fourth-order valence-corrected chi connectivity index (χ4v) is 10.7. The number of methoxy groups -OCH3 is 3. The fraction of sp³-hybridized carbons (Fsp3) is 0.731. The quantitative estimate of drug-likeness (QED) is 0.181. The summed E-state index contributed by atoms with van der Waals surface area (Å²) in [4.78, 5) is 72.3. The predicted octanol–water partition coefficient (Wildman–Crippen LogP) is 6.05. The van der Waals surface area contributed by atoms with Crippen LogP contribution in [0.15, 0.2) is 53.9 Å². The zero-order valence-electron chi connectivity index (χ0n) is 42.5. The molecule has 4 heterocycles. The number of piperidine rings is 1. The summed E-state index contributed by atoms with van der Waals surface area (Å²) in [6, 6.07) is -1.19. The van der Waals surface area contributed by atoms with Crippen LogP contribution < -0.4 is 0 Å². The number of carbonyl (C=O) groups is 5. The van der Waals surface area contributed by atoms with Gasteiger partial charge < -0.3 is 38.8 Å². The van der Waals surface area contributed by atoms with Crippen molar-refractivity contribution in [2.75, 3.05) is 27.9 Å². The highest BCUT2D eigenvalue weighted by Crippen LogP contribution is 2.39. The van der Waals surface area contributed by atoms with Crippen LogP contribution in [-0.4, -0.2) is 141 Å². The van der Waals surface area contributed by atoms with Crippen LogP contribution >= 0.6 is 0 Å². The lowest BCUT2D eigenvalue weighted by Crippen LogP contribution is -2.61. The first-order valence-electron chi connectivity index (χ1n) is 25.0. The number of Topliss-reactive ketones (excluding diaryl/α,β-unsaturated/α-hetero) is 3. The minimum atomic E-state index is -2.43. The summed E-state index contributed by atoms with van der Waals surface area (Å²) >= 11 is 0. The van der Waals surface area contributed by atoms with Gasteiger partial charge in [0.1, 0.15) is 36.5 Å². The Morgan fingerprint density at radius 1 is 0.884 bits per heavy atom. The molecule has 3 fully saturated rings. The molecule has 17 heteroatoms. The van der Waals surface area contributed by atoms with Gasteiger partial charge in [0.05, 0.1) is 24.4 Å². The molecule has 0 aromatic carbocycles. The second-order valence-corrected chi connectivity index (χ2v) is 20.4. The largest absolute Gasteiger partial charge is 0.460 e. The first-order chi connectivity index (χ1) is 32.8. The summed E-state index contributed by atoms with van der Waals surface area (Å²) in [6.45, 7) is 12.8. The molecule has 0 radical (unpaired) electrons.